The number of carbonyl (C=O) groups excluding carboxylic acids is 4. The fourth-order valence-corrected chi connectivity index (χ4v) is 9.07. The minimum absolute atomic E-state index is 0.0508. The number of nitrogens with zero attached hydrogens (tertiary/aromatic N) is 6. The molecule has 23 heteroatoms. The van der Waals surface area contributed by atoms with E-state index < -0.39 is 53.9 Å². The summed E-state index contributed by atoms with van der Waals surface area (Å²) >= 11 is 2.74. The van der Waals surface area contributed by atoms with Crippen LogP contribution in [0, 0.1) is 24.6 Å². The molecule has 0 bridgehead atoms. The number of aryl methyl sites for hydroxylation is 2. The van der Waals surface area contributed by atoms with E-state index in [4.69, 9.17) is 15.2 Å². The van der Waals surface area contributed by atoms with Gasteiger partial charge in [0.2, 0.25) is 11.8 Å². The van der Waals surface area contributed by atoms with Gasteiger partial charge in [-0.15, -0.1) is 21.5 Å². The van der Waals surface area contributed by atoms with Crippen LogP contribution in [0.4, 0.5) is 41.6 Å². The molecule has 1 atom stereocenters. The van der Waals surface area contributed by atoms with Crippen molar-refractivity contribution in [1.82, 2.24) is 36.1 Å². The number of nitrogens with two attached hydrogens (primary N) is 1. The zero-order valence-corrected chi connectivity index (χ0v) is 46.5. The minimum atomic E-state index is -1.16. The third-order valence-corrected chi connectivity index (χ3v) is 12.9. The van der Waals surface area contributed by atoms with E-state index in [-0.39, 0.29) is 31.0 Å². The molecule has 3 heterocycles. The summed E-state index contributed by atoms with van der Waals surface area (Å²) in [5.41, 5.74) is 7.94. The van der Waals surface area contributed by atoms with E-state index in [9.17, 15) is 29.1 Å². The highest BCUT2D eigenvalue weighted by molar-refractivity contribution is 7.22. The Bertz CT molecular complexity index is 3030. The topological polar surface area (TPSA) is 265 Å². The van der Waals surface area contributed by atoms with Crippen molar-refractivity contribution in [1.29, 1.82) is 0 Å². The molecule has 3 aromatic heterocycles. The van der Waals surface area contributed by atoms with Crippen LogP contribution < -0.4 is 42.0 Å². The van der Waals surface area contributed by atoms with Crippen LogP contribution in [0.5, 0.6) is 5.75 Å². The molecule has 0 aliphatic carbocycles. The lowest BCUT2D eigenvalue weighted by molar-refractivity contribution is -0.896. The number of carboxylic acid groups (broad SMARTS) is 1. The van der Waals surface area contributed by atoms with Gasteiger partial charge in [-0.3, -0.25) is 9.59 Å². The number of thiazole rings is 2. The van der Waals surface area contributed by atoms with Crippen LogP contribution in [0.1, 0.15) is 92.4 Å². The standard InChI is InChI=1S/C51H59FN12O8S2.C3H8/c1-31-27-41(61-62-44(31)60-48-58-36-14-8-9-16-39(36)73-48)63(5)49-59-43(46(67)68)40(74-49)17-12-26-71-38-23-20-32(28-35(38)52)13-11-25-64(6,7)30-33-18-21-34(22-19-33)56-45(66)37(15-10-24-54-47(53)69)57-42(65)29-55-50(70)72-51(2,3)4;1-3-2/h8-9,14,16,18-23,27-28,37H,10,12,15,17,24-26,29-30H2,1-7H3,(H7-,53,54,55,56,57,58,60,62,65,66,67,68,69,70);3H2,1-2H3/p+1. The van der Waals surface area contributed by atoms with Crippen LogP contribution >= 0.6 is 22.7 Å². The second-order valence-electron chi connectivity index (χ2n) is 19.4. The average molecular weight is 1100 g/mol. The number of hydrogen-bond acceptors (Lipinski definition) is 15. The lowest BCUT2D eigenvalue weighted by Crippen LogP contribution is -2.48. The van der Waals surface area contributed by atoms with Gasteiger partial charge in [0.1, 0.15) is 31.3 Å². The number of benzene rings is 3. The Kier molecular flexibility index (Phi) is 22.0. The molecule has 0 aliphatic rings. The van der Waals surface area contributed by atoms with Crippen molar-refractivity contribution in [2.24, 2.45) is 5.73 Å². The van der Waals surface area contributed by atoms with Crippen molar-refractivity contribution >= 4 is 90.4 Å². The number of halogens is 1. The number of aromatic carboxylic acids is 1. The first-order valence-electron chi connectivity index (χ1n) is 24.9. The van der Waals surface area contributed by atoms with Crippen molar-refractivity contribution in [3.63, 3.8) is 0 Å². The number of para-hydroxylation sites is 1. The minimum Gasteiger partial charge on any atom is -0.491 e. The summed E-state index contributed by atoms with van der Waals surface area (Å²) in [4.78, 5) is 72.6. The van der Waals surface area contributed by atoms with Crippen LogP contribution in [0.3, 0.4) is 0 Å². The number of nitrogens with one attached hydrogen (secondary N) is 5. The van der Waals surface area contributed by atoms with Gasteiger partial charge < -0.3 is 56.3 Å². The maximum absolute atomic E-state index is 15.2. The summed E-state index contributed by atoms with van der Waals surface area (Å²) in [6.07, 6.45) is 1.72. The van der Waals surface area contributed by atoms with Gasteiger partial charge in [-0.05, 0) is 113 Å². The van der Waals surface area contributed by atoms with Crippen molar-refractivity contribution < 1.29 is 47.4 Å². The molecule has 6 rings (SSSR count). The maximum Gasteiger partial charge on any atom is 0.408 e. The highest BCUT2D eigenvalue weighted by atomic mass is 32.1. The second-order valence-corrected chi connectivity index (χ2v) is 21.5. The monoisotopic (exact) mass is 1100 g/mol. The summed E-state index contributed by atoms with van der Waals surface area (Å²) in [7, 11) is 5.75. The average Bonchev–Trinajstić information content (AvgIpc) is 3.99. The number of rotatable bonds is 22. The first-order valence-corrected chi connectivity index (χ1v) is 26.5. The fraction of sp³-hybridized carbons (Fsp3) is 0.389. The smallest absolute Gasteiger partial charge is 0.408 e. The number of ether oxygens (including phenoxy) is 2. The lowest BCUT2D eigenvalue weighted by atomic mass is 10.1. The molecular weight excluding hydrogens is 1030 g/mol. The maximum atomic E-state index is 15.2. The molecular formula is C54H68FN12O8S2+. The van der Waals surface area contributed by atoms with Gasteiger partial charge in [0.15, 0.2) is 39.2 Å². The lowest BCUT2D eigenvalue weighted by Gasteiger charge is -2.27. The molecule has 20 nitrogen and oxygen atoms in total. The summed E-state index contributed by atoms with van der Waals surface area (Å²) in [5, 5.41) is 33.3. The molecule has 0 radical (unpaired) electrons. The van der Waals surface area contributed by atoms with Crippen LogP contribution in [-0.2, 0) is 27.3 Å². The molecule has 5 amide bonds. The van der Waals surface area contributed by atoms with Gasteiger partial charge in [0.25, 0.3) is 0 Å². The molecule has 3 aromatic carbocycles. The highest BCUT2D eigenvalue weighted by Gasteiger charge is 2.24. The Balaban J connectivity index is 0.00000356. The number of quaternary nitrogens is 1. The predicted molar refractivity (Wildman–Crippen MR) is 299 cm³/mol. The second kappa shape index (κ2) is 28.3. The Labute approximate surface area is 456 Å². The Morgan fingerprint density at radius 1 is 0.948 bits per heavy atom. The van der Waals surface area contributed by atoms with E-state index in [0.717, 1.165) is 21.3 Å². The molecule has 0 aliphatic heterocycles. The quantitative estimate of drug-likeness (QED) is 0.0191. The molecule has 6 aromatic rings. The number of carboxylic acids is 1. The van der Waals surface area contributed by atoms with Crippen LogP contribution in [0.15, 0.2) is 72.8 Å². The number of amides is 5. The molecule has 0 fully saturated rings. The third kappa shape index (κ3) is 19.6. The molecule has 8 N–H and O–H groups in total. The van der Waals surface area contributed by atoms with Gasteiger partial charge in [0.05, 0.1) is 30.9 Å². The summed E-state index contributed by atoms with van der Waals surface area (Å²) in [5.74, 6) is 4.42. The molecule has 0 saturated carbocycles. The Morgan fingerprint density at radius 3 is 2.34 bits per heavy atom. The van der Waals surface area contributed by atoms with Crippen LogP contribution in [-0.4, -0.2) is 119 Å². The summed E-state index contributed by atoms with van der Waals surface area (Å²) in [6, 6.07) is 19.7. The zero-order chi connectivity index (χ0) is 56.3. The number of fused-ring (bicyclic) bond motifs is 1. The first-order chi connectivity index (χ1) is 36.5. The Hall–Kier alpha value is -7.94. The number of urea groups is 1. The number of aromatic nitrogens is 4. The van der Waals surface area contributed by atoms with Crippen molar-refractivity contribution in [2.45, 2.75) is 91.8 Å². The van der Waals surface area contributed by atoms with Gasteiger partial charge in [0, 0.05) is 35.3 Å². The van der Waals surface area contributed by atoms with Gasteiger partial charge in [-0.2, -0.15) is 0 Å². The fourth-order valence-electron chi connectivity index (χ4n) is 7.14. The van der Waals surface area contributed by atoms with E-state index >= 15 is 4.39 Å². The normalized spacial score (nSPS) is 11.5. The first kappa shape index (κ1) is 59.9. The zero-order valence-electron chi connectivity index (χ0n) is 44.8. The Morgan fingerprint density at radius 2 is 1.68 bits per heavy atom. The summed E-state index contributed by atoms with van der Waals surface area (Å²) in [6.45, 7) is 12.1. The predicted octanol–water partition coefficient (Wildman–Crippen LogP) is 8.65. The van der Waals surface area contributed by atoms with Gasteiger partial charge >= 0.3 is 18.1 Å². The van der Waals surface area contributed by atoms with Crippen molar-refractivity contribution in [3.05, 3.63) is 106 Å². The SMILES string of the molecule is CCC.Cc1cc(N(C)c2nc(C(=O)O)c(CCCOc3ccc(C#CC[N+](C)(C)Cc4ccc(NC(=O)C(CCCNC(N)=O)NC(=O)CNC(=O)OC(C)(C)C)cc4)cc3F)s2)nnc1Nc1nc2ccccc2s1. The number of hydrogen-bond donors (Lipinski definition) is 7. The molecule has 1 unspecified atom stereocenters. The molecule has 410 valence electrons. The molecule has 0 spiro atoms. The van der Waals surface area contributed by atoms with E-state index in [1.807, 2.05) is 63.5 Å². The molecule has 77 heavy (non-hydrogen) atoms. The number of carbonyl (C=O) groups is 5. The van der Waals surface area contributed by atoms with E-state index in [1.54, 1.807) is 50.9 Å². The van der Waals surface area contributed by atoms with E-state index in [2.05, 4.69) is 72.4 Å². The van der Waals surface area contributed by atoms with Crippen LogP contribution in [0.25, 0.3) is 10.2 Å². The van der Waals surface area contributed by atoms with Crippen LogP contribution in [0.2, 0.25) is 0 Å². The van der Waals surface area contributed by atoms with Crippen molar-refractivity contribution in [2.75, 3.05) is 62.9 Å². The van der Waals surface area contributed by atoms with E-state index in [1.165, 1.54) is 41.2 Å². The molecule has 0 saturated heterocycles. The van der Waals surface area contributed by atoms with Gasteiger partial charge in [-0.25, -0.2) is 28.7 Å². The van der Waals surface area contributed by atoms with Gasteiger partial charge in [-0.1, -0.05) is 61.8 Å². The number of alkyl carbamates (subject to hydrolysis) is 1. The third-order valence-electron chi connectivity index (χ3n) is 10.7. The largest absolute Gasteiger partial charge is 0.491 e. The highest BCUT2D eigenvalue weighted by Crippen LogP contribution is 2.33. The summed E-state index contributed by atoms with van der Waals surface area (Å²) < 4.78 is 27.6. The number of anilines is 5. The number of primary amides is 1. The van der Waals surface area contributed by atoms with E-state index in [0.29, 0.717) is 74.9 Å². The van der Waals surface area contributed by atoms with Crippen molar-refractivity contribution in [3.8, 4) is 17.6 Å².